The van der Waals surface area contributed by atoms with Gasteiger partial charge in [-0.3, -0.25) is 24.1 Å². The number of aliphatic carboxylic acids is 1. The Bertz CT molecular complexity index is 2570. The summed E-state index contributed by atoms with van der Waals surface area (Å²) < 4.78 is 24.8. The lowest BCUT2D eigenvalue weighted by atomic mass is 9.84. The van der Waals surface area contributed by atoms with Crippen molar-refractivity contribution >= 4 is 30.3 Å². The van der Waals surface area contributed by atoms with Crippen LogP contribution in [-0.2, 0) is 40.3 Å². The van der Waals surface area contributed by atoms with E-state index >= 15 is 0 Å². The summed E-state index contributed by atoms with van der Waals surface area (Å²) in [6.45, 7) is 16.7. The van der Waals surface area contributed by atoms with E-state index in [0.29, 0.717) is 71.4 Å². The Morgan fingerprint density at radius 3 is 1.86 bits per heavy atom. The smallest absolute Gasteiger partial charge is 0.415 e. The van der Waals surface area contributed by atoms with Crippen molar-refractivity contribution in [2.45, 2.75) is 175 Å². The minimum absolute atomic E-state index is 0.00323. The first kappa shape index (κ1) is 53.7. The fourth-order valence-electron chi connectivity index (χ4n) is 10.3. The molecule has 4 N–H and O–H groups in total. The van der Waals surface area contributed by atoms with Crippen molar-refractivity contribution in [1.29, 1.82) is 0 Å². The molecule has 2 aromatic carbocycles. The molecule has 0 radical (unpaired) electrons. The van der Waals surface area contributed by atoms with Crippen molar-refractivity contribution in [2.75, 3.05) is 19.6 Å². The average molecular weight is 996 g/mol. The van der Waals surface area contributed by atoms with Crippen LogP contribution in [0.1, 0.15) is 163 Å². The van der Waals surface area contributed by atoms with Crippen LogP contribution in [0.4, 0.5) is 4.79 Å². The molecule has 16 heteroatoms. The van der Waals surface area contributed by atoms with Gasteiger partial charge in [-0.2, -0.15) is 0 Å². The van der Waals surface area contributed by atoms with Gasteiger partial charge in [0, 0.05) is 61.2 Å². The van der Waals surface area contributed by atoms with Crippen LogP contribution in [0.15, 0.2) is 58.7 Å². The van der Waals surface area contributed by atoms with E-state index in [9.17, 15) is 44.4 Å². The molecule has 390 valence electrons. The number of rotatable bonds is 21. The second-order valence-corrected chi connectivity index (χ2v) is 21.3. The van der Waals surface area contributed by atoms with Gasteiger partial charge in [0.25, 0.3) is 18.3 Å². The highest BCUT2D eigenvalue weighted by atomic mass is 16.6. The number of phenols is 1. The highest BCUT2D eigenvalue weighted by Gasteiger charge is 2.48. The number of carbonyl (C=O) groups excluding carboxylic acids is 4. The SMILES string of the molecule is CC(C)=CCC/C(C)=C/CC[C@@]1(C)Oc2c(c(O)cc3c2CN(CCC[C@@H](OC=O)N2Cc4c(cc(OC(=O)N5CC(C(=O)O)C5)c5c4O[C@](C)(CC/C=C(\C)CCC=C(C)C)[C@@H](O)C5)C2=O)C3=O)C[C@@H]1O. The third kappa shape index (κ3) is 11.7. The van der Waals surface area contributed by atoms with Crippen molar-refractivity contribution in [3.63, 3.8) is 0 Å². The van der Waals surface area contributed by atoms with Gasteiger partial charge < -0.3 is 49.2 Å². The van der Waals surface area contributed by atoms with Crippen molar-refractivity contribution in [3.8, 4) is 23.0 Å². The number of aromatic hydroxyl groups is 1. The summed E-state index contributed by atoms with van der Waals surface area (Å²) in [7, 11) is 0. The van der Waals surface area contributed by atoms with Gasteiger partial charge >= 0.3 is 12.1 Å². The van der Waals surface area contributed by atoms with Gasteiger partial charge in [0.1, 0.15) is 34.2 Å². The first-order chi connectivity index (χ1) is 34.1. The summed E-state index contributed by atoms with van der Waals surface area (Å²) in [5.74, 6) is -1.98. The van der Waals surface area contributed by atoms with Gasteiger partial charge in [-0.1, -0.05) is 46.6 Å². The third-order valence-electron chi connectivity index (χ3n) is 15.0. The van der Waals surface area contributed by atoms with E-state index in [1.165, 1.54) is 44.2 Å². The Kier molecular flexibility index (Phi) is 16.6. The number of aliphatic hydroxyl groups is 2. The number of fused-ring (bicyclic) bond motifs is 6. The number of carboxylic acid groups (broad SMARTS) is 1. The number of hydrogen-bond acceptors (Lipinski definition) is 12. The number of allylic oxidation sites excluding steroid dienone is 8. The summed E-state index contributed by atoms with van der Waals surface area (Å²) in [4.78, 5) is 69.6. The highest BCUT2D eigenvalue weighted by molar-refractivity contribution is 6.01. The summed E-state index contributed by atoms with van der Waals surface area (Å²) in [5, 5.41) is 43.5. The monoisotopic (exact) mass is 996 g/mol. The van der Waals surface area contributed by atoms with Crippen LogP contribution < -0.4 is 14.2 Å². The highest BCUT2D eigenvalue weighted by Crippen LogP contribution is 2.49. The van der Waals surface area contributed by atoms with Gasteiger partial charge in [0.2, 0.25) is 0 Å². The van der Waals surface area contributed by atoms with Crippen LogP contribution in [0.3, 0.4) is 0 Å². The van der Waals surface area contributed by atoms with Gasteiger partial charge in [-0.15, -0.1) is 0 Å². The largest absolute Gasteiger partial charge is 0.508 e. The molecule has 5 aliphatic rings. The van der Waals surface area contributed by atoms with Crippen LogP contribution in [0.25, 0.3) is 0 Å². The van der Waals surface area contributed by atoms with Crippen LogP contribution >= 0.6 is 0 Å². The molecule has 16 nitrogen and oxygen atoms in total. The van der Waals surface area contributed by atoms with Crippen LogP contribution in [-0.4, -0.2) is 115 Å². The summed E-state index contributed by atoms with van der Waals surface area (Å²) in [5.41, 5.74) is 5.36. The Balaban J connectivity index is 1.06. The topological polar surface area (TPSA) is 213 Å². The molecular formula is C56H73N3O13. The van der Waals surface area contributed by atoms with Crippen molar-refractivity contribution in [1.82, 2.24) is 14.7 Å². The summed E-state index contributed by atoms with van der Waals surface area (Å²) in [6, 6.07) is 2.87. The van der Waals surface area contributed by atoms with Crippen molar-refractivity contribution in [2.24, 2.45) is 5.92 Å². The molecular weight excluding hydrogens is 923 g/mol. The fraction of sp³-hybridized carbons (Fsp3) is 0.554. The van der Waals surface area contributed by atoms with E-state index in [0.717, 1.165) is 25.7 Å². The number of amides is 3. The second-order valence-electron chi connectivity index (χ2n) is 21.3. The molecule has 0 unspecified atom stereocenters. The number of likely N-dealkylation sites (tertiary alicyclic amines) is 1. The molecule has 0 saturated carbocycles. The lowest BCUT2D eigenvalue weighted by Gasteiger charge is -2.41. The number of hydrogen-bond donors (Lipinski definition) is 4. The van der Waals surface area contributed by atoms with Crippen molar-refractivity contribution in [3.05, 3.63) is 92.1 Å². The molecule has 2 aromatic rings. The molecule has 3 amide bonds. The van der Waals surface area contributed by atoms with E-state index < -0.39 is 53.5 Å². The number of nitrogens with zero attached hydrogens (tertiary/aromatic N) is 3. The molecule has 72 heavy (non-hydrogen) atoms. The Morgan fingerprint density at radius 1 is 0.764 bits per heavy atom. The molecule has 7 rings (SSSR count). The minimum atomic E-state index is -1.09. The standard InChI is InChI=1S/C56H73N3O13/c1-33(2)14-9-16-35(5)18-11-21-55(7)46(62)26-40-44(61)24-38-42(49(40)71-55)30-57(51(38)64)23-13-20-48(69-32-60)59-31-43-39(52(59)65)25-45(70-54(68)58-28-37(29-58)53(66)67)41-27-47(63)56(8,72-50(41)43)22-12-19-36(6)17-10-15-34(3)4/h14-15,18-19,24-25,32,37,46-48,61-63H,9-13,16-17,20-23,26-31H2,1-8H3,(H,66,67)/b35-18+,36-19+/t46-,47-,48+,55+,56+/m0/s1. The third-order valence-corrected chi connectivity index (χ3v) is 15.0. The molecule has 0 aliphatic carbocycles. The number of benzene rings is 2. The number of carbonyl (C=O) groups is 5. The zero-order valence-corrected chi connectivity index (χ0v) is 43.2. The Morgan fingerprint density at radius 2 is 1.31 bits per heavy atom. The van der Waals surface area contributed by atoms with Crippen LogP contribution in [0.2, 0.25) is 0 Å². The predicted octanol–water partition coefficient (Wildman–Crippen LogP) is 8.85. The van der Waals surface area contributed by atoms with Crippen LogP contribution in [0.5, 0.6) is 23.0 Å². The van der Waals surface area contributed by atoms with E-state index in [2.05, 4.69) is 65.8 Å². The quantitative estimate of drug-likeness (QED) is 0.0681. The normalized spacial score (nSPS) is 22.9. The van der Waals surface area contributed by atoms with E-state index in [4.69, 9.17) is 18.9 Å². The number of aliphatic hydroxyl groups excluding tert-OH is 2. The molecule has 5 atom stereocenters. The maximum Gasteiger partial charge on any atom is 0.415 e. The zero-order chi connectivity index (χ0) is 52.2. The average Bonchev–Trinajstić information content (AvgIpc) is 3.78. The Labute approximate surface area is 422 Å². The molecule has 1 saturated heterocycles. The minimum Gasteiger partial charge on any atom is -0.508 e. The molecule has 1 fully saturated rings. The molecule has 0 spiro atoms. The second kappa shape index (κ2) is 22.3. The predicted molar refractivity (Wildman–Crippen MR) is 269 cm³/mol. The van der Waals surface area contributed by atoms with Crippen molar-refractivity contribution < 1.29 is 63.3 Å². The van der Waals surface area contributed by atoms with Gasteiger partial charge in [0.05, 0.1) is 42.3 Å². The first-order valence-corrected chi connectivity index (χ1v) is 25.4. The summed E-state index contributed by atoms with van der Waals surface area (Å²) in [6.07, 6.45) is 11.6. The number of ether oxygens (including phenoxy) is 4. The lowest BCUT2D eigenvalue weighted by molar-refractivity contribution is -0.146. The van der Waals surface area contributed by atoms with Gasteiger partial charge in [0.15, 0.2) is 6.23 Å². The molecule has 0 bridgehead atoms. The van der Waals surface area contributed by atoms with Gasteiger partial charge in [-0.05, 0) is 125 Å². The molecule has 5 aliphatic heterocycles. The van der Waals surface area contributed by atoms with Crippen LogP contribution in [0, 0.1) is 5.92 Å². The van der Waals surface area contributed by atoms with E-state index in [-0.39, 0.29) is 81.4 Å². The van der Waals surface area contributed by atoms with E-state index in [1.807, 2.05) is 13.8 Å². The molecule has 5 heterocycles. The first-order valence-electron chi connectivity index (χ1n) is 25.4. The lowest BCUT2D eigenvalue weighted by Crippen LogP contribution is -2.54. The zero-order valence-electron chi connectivity index (χ0n) is 43.2. The fourth-order valence-corrected chi connectivity index (χ4v) is 10.3. The maximum atomic E-state index is 14.5. The molecule has 0 aromatic heterocycles. The maximum absolute atomic E-state index is 14.5. The summed E-state index contributed by atoms with van der Waals surface area (Å²) >= 11 is 0. The van der Waals surface area contributed by atoms with Gasteiger partial charge in [-0.25, -0.2) is 4.79 Å². The number of phenolic OH excluding ortho intramolecular Hbond substituents is 1. The Hall–Kier alpha value is -6.13. The van der Waals surface area contributed by atoms with E-state index in [1.54, 1.807) is 4.90 Å². The number of carboxylic acids is 1.